The topological polar surface area (TPSA) is 87.4 Å². The third-order valence-corrected chi connectivity index (χ3v) is 6.17. The van der Waals surface area contributed by atoms with Crippen LogP contribution in [0.2, 0.25) is 0 Å². The molecule has 1 N–H and O–H groups in total. The lowest BCUT2D eigenvalue weighted by molar-refractivity contribution is -0.130. The minimum absolute atomic E-state index is 0.0798. The predicted octanol–water partition coefficient (Wildman–Crippen LogP) is 4.98. The van der Waals surface area contributed by atoms with E-state index in [4.69, 9.17) is 4.42 Å². The largest absolute Gasteiger partial charge is 0.467 e. The molecule has 166 valence electrons. The molecule has 4 aromatic rings. The highest BCUT2D eigenvalue weighted by Gasteiger charge is 2.34. The van der Waals surface area contributed by atoms with Crippen molar-refractivity contribution in [3.05, 3.63) is 89.6 Å². The molecule has 9 heteroatoms. The average molecular weight is 462 g/mol. The normalized spacial score (nSPS) is 15.6. The maximum Gasteiger partial charge on any atom is 0.253 e. The van der Waals surface area contributed by atoms with Crippen molar-refractivity contribution in [3.63, 3.8) is 0 Å². The number of benzene rings is 2. The zero-order valence-electron chi connectivity index (χ0n) is 17.7. The summed E-state index contributed by atoms with van der Waals surface area (Å²) in [6, 6.07) is 17.7. The predicted molar refractivity (Wildman–Crippen MR) is 123 cm³/mol. The number of halogens is 1. The van der Waals surface area contributed by atoms with Gasteiger partial charge in [-0.15, -0.1) is 5.10 Å². The maximum atomic E-state index is 14.0. The fourth-order valence-electron chi connectivity index (χ4n) is 3.64. The number of nitrogens with zero attached hydrogens (tertiary/aromatic N) is 4. The second-order valence-electron chi connectivity index (χ2n) is 7.62. The molecule has 0 saturated heterocycles. The number of carbonyl (C=O) groups is 1. The number of hydrazone groups is 1. The van der Waals surface area contributed by atoms with E-state index in [1.807, 2.05) is 37.3 Å². The van der Waals surface area contributed by atoms with Gasteiger partial charge in [-0.2, -0.15) is 5.10 Å². The number of aromatic amines is 1. The molecule has 1 aliphatic rings. The van der Waals surface area contributed by atoms with Crippen molar-refractivity contribution >= 4 is 23.4 Å². The Morgan fingerprint density at radius 1 is 1.18 bits per heavy atom. The van der Waals surface area contributed by atoms with Gasteiger partial charge >= 0.3 is 0 Å². The summed E-state index contributed by atoms with van der Waals surface area (Å²) in [5, 5.41) is 13.3. The van der Waals surface area contributed by atoms with E-state index in [9.17, 15) is 9.18 Å². The summed E-state index contributed by atoms with van der Waals surface area (Å²) < 4.78 is 19.6. The number of carbonyl (C=O) groups excluding carboxylic acids is 1. The van der Waals surface area contributed by atoms with Gasteiger partial charge in [0.1, 0.15) is 17.6 Å². The quantitative estimate of drug-likeness (QED) is 0.409. The van der Waals surface area contributed by atoms with E-state index in [1.165, 1.54) is 22.8 Å². The molecule has 2 aromatic heterocycles. The van der Waals surface area contributed by atoms with Gasteiger partial charge in [0.25, 0.3) is 5.91 Å². The number of furan rings is 1. The van der Waals surface area contributed by atoms with Crippen LogP contribution in [0.3, 0.4) is 0 Å². The number of aromatic nitrogens is 3. The first kappa shape index (κ1) is 21.1. The smallest absolute Gasteiger partial charge is 0.253 e. The SMILES string of the molecule is Cc1ccc(C2=NN(C(=O)CSc3n[nH]c(-c4ccccc4F)n3)[C@@H](c3ccco3)C2)cc1. The second kappa shape index (κ2) is 9.03. The van der Waals surface area contributed by atoms with Crippen molar-refractivity contribution in [3.8, 4) is 11.4 Å². The van der Waals surface area contributed by atoms with Crippen LogP contribution in [0.1, 0.15) is 29.3 Å². The molecule has 0 radical (unpaired) electrons. The van der Waals surface area contributed by atoms with Crippen molar-refractivity contribution in [1.29, 1.82) is 0 Å². The molecule has 33 heavy (non-hydrogen) atoms. The third kappa shape index (κ3) is 4.45. The van der Waals surface area contributed by atoms with Gasteiger partial charge in [0.15, 0.2) is 5.82 Å². The Kier molecular flexibility index (Phi) is 5.78. The van der Waals surface area contributed by atoms with E-state index in [-0.39, 0.29) is 17.7 Å². The summed E-state index contributed by atoms with van der Waals surface area (Å²) in [7, 11) is 0. The lowest BCUT2D eigenvalue weighted by Gasteiger charge is -2.19. The molecule has 0 saturated carbocycles. The molecular formula is C24H20FN5O2S. The second-order valence-corrected chi connectivity index (χ2v) is 8.56. The van der Waals surface area contributed by atoms with E-state index in [0.29, 0.717) is 28.7 Å². The fraction of sp³-hybridized carbons (Fsp3) is 0.167. The number of amides is 1. The van der Waals surface area contributed by atoms with Crippen molar-refractivity contribution in [2.75, 3.05) is 5.75 Å². The molecule has 7 nitrogen and oxygen atoms in total. The van der Waals surface area contributed by atoms with Crippen LogP contribution in [-0.2, 0) is 4.79 Å². The molecule has 2 aromatic carbocycles. The first-order valence-electron chi connectivity index (χ1n) is 10.4. The number of rotatable bonds is 6. The molecule has 1 aliphatic heterocycles. The Labute approximate surface area is 193 Å². The van der Waals surface area contributed by atoms with Crippen LogP contribution in [0.4, 0.5) is 4.39 Å². The number of nitrogens with one attached hydrogen (secondary N) is 1. The molecule has 1 atom stereocenters. The number of thioether (sulfide) groups is 1. The molecule has 0 fully saturated rings. The van der Waals surface area contributed by atoms with E-state index in [2.05, 4.69) is 20.3 Å². The Balaban J connectivity index is 1.32. The summed E-state index contributed by atoms with van der Waals surface area (Å²) in [4.78, 5) is 17.4. The van der Waals surface area contributed by atoms with E-state index < -0.39 is 5.82 Å². The van der Waals surface area contributed by atoms with Crippen LogP contribution in [0.25, 0.3) is 11.4 Å². The fourth-order valence-corrected chi connectivity index (χ4v) is 4.29. The first-order valence-corrected chi connectivity index (χ1v) is 11.4. The van der Waals surface area contributed by atoms with Gasteiger partial charge in [-0.3, -0.25) is 9.89 Å². The highest BCUT2D eigenvalue weighted by Crippen LogP contribution is 2.34. The Morgan fingerprint density at radius 2 is 2.00 bits per heavy atom. The van der Waals surface area contributed by atoms with Crippen molar-refractivity contribution in [1.82, 2.24) is 20.2 Å². The lowest BCUT2D eigenvalue weighted by atomic mass is 10.0. The van der Waals surface area contributed by atoms with Gasteiger partial charge in [-0.1, -0.05) is 53.7 Å². The monoisotopic (exact) mass is 461 g/mol. The van der Waals surface area contributed by atoms with Crippen LogP contribution in [0.15, 0.2) is 81.6 Å². The maximum absolute atomic E-state index is 14.0. The van der Waals surface area contributed by atoms with Crippen LogP contribution in [-0.4, -0.2) is 37.6 Å². The first-order chi connectivity index (χ1) is 16.1. The lowest BCUT2D eigenvalue weighted by Crippen LogP contribution is -2.28. The molecule has 0 spiro atoms. The highest BCUT2D eigenvalue weighted by atomic mass is 32.2. The van der Waals surface area contributed by atoms with Gasteiger partial charge in [0, 0.05) is 6.42 Å². The minimum Gasteiger partial charge on any atom is -0.467 e. The molecule has 1 amide bonds. The zero-order chi connectivity index (χ0) is 22.8. The average Bonchev–Trinajstić information content (AvgIpc) is 3.59. The van der Waals surface area contributed by atoms with Crippen LogP contribution in [0.5, 0.6) is 0 Å². The number of hydrogen-bond acceptors (Lipinski definition) is 6. The van der Waals surface area contributed by atoms with Crippen LogP contribution >= 0.6 is 11.8 Å². The molecule has 3 heterocycles. The van der Waals surface area contributed by atoms with Crippen molar-refractivity contribution in [2.45, 2.75) is 24.5 Å². The molecular weight excluding hydrogens is 441 g/mol. The van der Waals surface area contributed by atoms with Gasteiger partial charge in [-0.05, 0) is 36.8 Å². The number of aryl methyl sites for hydroxylation is 1. The Hall–Kier alpha value is -3.72. The standard InChI is InChI=1S/C24H20FN5O2S/c1-15-8-10-16(11-9-15)19-13-20(21-7-4-12-32-21)30(29-19)22(31)14-33-24-26-23(27-28-24)17-5-2-3-6-18(17)25/h2-12,20H,13-14H2,1H3,(H,26,27,28)/t20-/m1/s1. The number of hydrogen-bond donors (Lipinski definition) is 1. The van der Waals surface area contributed by atoms with Crippen LogP contribution in [0, 0.1) is 12.7 Å². The summed E-state index contributed by atoms with van der Waals surface area (Å²) in [6.07, 6.45) is 2.15. The van der Waals surface area contributed by atoms with Gasteiger partial charge in [-0.25, -0.2) is 14.4 Å². The molecule has 0 bridgehead atoms. The number of H-pyrrole nitrogens is 1. The minimum atomic E-state index is -0.391. The summed E-state index contributed by atoms with van der Waals surface area (Å²) in [5.41, 5.74) is 3.29. The Bertz CT molecular complexity index is 1300. The highest BCUT2D eigenvalue weighted by molar-refractivity contribution is 7.99. The van der Waals surface area contributed by atoms with E-state index in [1.54, 1.807) is 30.5 Å². The van der Waals surface area contributed by atoms with E-state index >= 15 is 0 Å². The van der Waals surface area contributed by atoms with Crippen LogP contribution < -0.4 is 0 Å². The summed E-state index contributed by atoms with van der Waals surface area (Å²) in [5.74, 6) is 0.492. The zero-order valence-corrected chi connectivity index (χ0v) is 18.6. The Morgan fingerprint density at radius 3 is 2.76 bits per heavy atom. The summed E-state index contributed by atoms with van der Waals surface area (Å²) in [6.45, 7) is 2.03. The third-order valence-electron chi connectivity index (χ3n) is 5.34. The molecule has 0 unspecified atom stereocenters. The van der Waals surface area contributed by atoms with Crippen molar-refractivity contribution < 1.29 is 13.6 Å². The molecule has 0 aliphatic carbocycles. The molecule has 5 rings (SSSR count). The van der Waals surface area contributed by atoms with Crippen molar-refractivity contribution in [2.24, 2.45) is 5.10 Å². The van der Waals surface area contributed by atoms with E-state index in [0.717, 1.165) is 16.8 Å². The van der Waals surface area contributed by atoms with Gasteiger partial charge in [0.05, 0.1) is 23.3 Å². The van der Waals surface area contributed by atoms with Gasteiger partial charge in [0.2, 0.25) is 5.16 Å². The summed E-state index contributed by atoms with van der Waals surface area (Å²) >= 11 is 1.17. The van der Waals surface area contributed by atoms with Gasteiger partial charge < -0.3 is 4.42 Å².